The van der Waals surface area contributed by atoms with Gasteiger partial charge < -0.3 is 14.4 Å². The molecular weight excluding hydrogens is 359 g/mol. The summed E-state index contributed by atoms with van der Waals surface area (Å²) in [5.74, 6) is 0.344. The third-order valence-electron chi connectivity index (χ3n) is 3.55. The number of hydrogen-bond donors (Lipinski definition) is 0. The van der Waals surface area contributed by atoms with Crippen molar-refractivity contribution in [2.45, 2.75) is 46.4 Å². The number of nitrogens with zero attached hydrogens (tertiary/aromatic N) is 3. The summed E-state index contributed by atoms with van der Waals surface area (Å²) in [7, 11) is 0. The van der Waals surface area contributed by atoms with Gasteiger partial charge in [0.15, 0.2) is 0 Å². The van der Waals surface area contributed by atoms with Crippen molar-refractivity contribution >= 4 is 11.6 Å². The van der Waals surface area contributed by atoms with Crippen molar-refractivity contribution in [3.63, 3.8) is 0 Å². The molecule has 1 heterocycles. The van der Waals surface area contributed by atoms with Crippen LogP contribution in [0.25, 0.3) is 0 Å². The third kappa shape index (κ3) is 5.48. The molecule has 0 aliphatic carbocycles. The van der Waals surface area contributed by atoms with E-state index in [4.69, 9.17) is 9.47 Å². The molecule has 2 aromatic rings. The first-order valence-corrected chi connectivity index (χ1v) is 8.87. The molecule has 0 aliphatic heterocycles. The van der Waals surface area contributed by atoms with E-state index in [1.165, 1.54) is 0 Å². The van der Waals surface area contributed by atoms with Gasteiger partial charge in [0, 0.05) is 24.5 Å². The summed E-state index contributed by atoms with van der Waals surface area (Å²) in [6, 6.07) is 7.26. The summed E-state index contributed by atoms with van der Waals surface area (Å²) >= 11 is 0. The minimum Gasteiger partial charge on any atom is -0.491 e. The van der Waals surface area contributed by atoms with Gasteiger partial charge in [0.1, 0.15) is 11.3 Å². The van der Waals surface area contributed by atoms with Gasteiger partial charge in [-0.3, -0.25) is 0 Å². The van der Waals surface area contributed by atoms with Crippen LogP contribution in [0.1, 0.15) is 39.7 Å². The normalized spacial score (nSPS) is 11.6. The average molecular weight is 383 g/mol. The minimum absolute atomic E-state index is 0.00620. The summed E-state index contributed by atoms with van der Waals surface area (Å²) in [4.78, 5) is 9.67. The van der Waals surface area contributed by atoms with Gasteiger partial charge in [-0.15, -0.1) is 0 Å². The number of alkyl halides is 3. The summed E-state index contributed by atoms with van der Waals surface area (Å²) in [6.45, 7) is 8.12. The molecule has 0 radical (unpaired) electrons. The lowest BCUT2D eigenvalue weighted by Crippen LogP contribution is -2.21. The Morgan fingerprint density at radius 2 is 1.93 bits per heavy atom. The number of hydrogen-bond acceptors (Lipinski definition) is 5. The lowest BCUT2D eigenvalue weighted by molar-refractivity contribution is -0.139. The van der Waals surface area contributed by atoms with E-state index in [1.54, 1.807) is 11.0 Å². The molecule has 0 N–H and O–H groups in total. The van der Waals surface area contributed by atoms with Gasteiger partial charge in [-0.1, -0.05) is 13.0 Å². The number of anilines is 2. The van der Waals surface area contributed by atoms with Crippen LogP contribution in [0.5, 0.6) is 11.6 Å². The maximum atomic E-state index is 13.2. The number of rotatable bonds is 8. The van der Waals surface area contributed by atoms with E-state index in [0.29, 0.717) is 18.7 Å². The monoisotopic (exact) mass is 383 g/mol. The zero-order chi connectivity index (χ0) is 20.0. The highest BCUT2D eigenvalue weighted by atomic mass is 19.4. The van der Waals surface area contributed by atoms with E-state index >= 15 is 0 Å². The Morgan fingerprint density at radius 3 is 2.52 bits per heavy atom. The maximum Gasteiger partial charge on any atom is 0.423 e. The quantitative estimate of drug-likeness (QED) is 0.625. The van der Waals surface area contributed by atoms with Crippen molar-refractivity contribution in [1.29, 1.82) is 0 Å². The Kier molecular flexibility index (Phi) is 6.87. The second kappa shape index (κ2) is 8.92. The summed E-state index contributed by atoms with van der Waals surface area (Å²) in [5, 5.41) is 0. The lowest BCUT2D eigenvalue weighted by atomic mass is 10.2. The van der Waals surface area contributed by atoms with Gasteiger partial charge in [0.05, 0.1) is 12.7 Å². The van der Waals surface area contributed by atoms with Crippen LogP contribution in [0.3, 0.4) is 0 Å². The molecule has 27 heavy (non-hydrogen) atoms. The van der Waals surface area contributed by atoms with E-state index in [9.17, 15) is 13.2 Å². The molecule has 0 bridgehead atoms. The van der Waals surface area contributed by atoms with Crippen molar-refractivity contribution in [2.24, 2.45) is 0 Å². The largest absolute Gasteiger partial charge is 0.491 e. The van der Waals surface area contributed by atoms with E-state index in [2.05, 4.69) is 9.97 Å². The Hall–Kier alpha value is -2.51. The number of benzene rings is 1. The van der Waals surface area contributed by atoms with E-state index in [1.807, 2.05) is 45.9 Å². The SMILES string of the molecule is CCCOc1nc(N(CC)c2cccc(OC(C)C)c2)ncc1C(F)(F)F. The molecule has 0 saturated heterocycles. The van der Waals surface area contributed by atoms with Crippen LogP contribution < -0.4 is 14.4 Å². The zero-order valence-electron chi connectivity index (χ0n) is 15.9. The number of ether oxygens (including phenoxy) is 2. The van der Waals surface area contributed by atoms with Crippen LogP contribution in [-0.4, -0.2) is 29.2 Å². The smallest absolute Gasteiger partial charge is 0.423 e. The molecule has 148 valence electrons. The Bertz CT molecular complexity index is 751. The van der Waals surface area contributed by atoms with Crippen LogP contribution >= 0.6 is 0 Å². The molecule has 2 rings (SSSR count). The first-order chi connectivity index (χ1) is 12.8. The summed E-state index contributed by atoms with van der Waals surface area (Å²) < 4.78 is 50.5. The van der Waals surface area contributed by atoms with Crippen molar-refractivity contribution in [3.8, 4) is 11.6 Å². The van der Waals surface area contributed by atoms with Gasteiger partial charge in [-0.05, 0) is 39.3 Å². The topological polar surface area (TPSA) is 47.5 Å². The molecule has 0 fully saturated rings. The molecule has 0 spiro atoms. The first kappa shape index (κ1) is 20.8. The molecular formula is C19H24F3N3O2. The van der Waals surface area contributed by atoms with Crippen LogP contribution in [0, 0.1) is 0 Å². The fraction of sp³-hybridized carbons (Fsp3) is 0.474. The highest BCUT2D eigenvalue weighted by molar-refractivity contribution is 5.59. The number of halogens is 3. The van der Waals surface area contributed by atoms with Crippen LogP contribution in [0.4, 0.5) is 24.8 Å². The molecule has 0 atom stereocenters. The molecule has 0 aliphatic rings. The second-order valence-electron chi connectivity index (χ2n) is 6.14. The Morgan fingerprint density at radius 1 is 1.19 bits per heavy atom. The standard InChI is InChI=1S/C19H24F3N3O2/c1-5-10-26-17-16(19(20,21)22)12-23-18(24-17)25(6-2)14-8-7-9-15(11-14)27-13(3)4/h7-9,11-13H,5-6,10H2,1-4H3. The first-order valence-electron chi connectivity index (χ1n) is 8.87. The van der Waals surface area contributed by atoms with Crippen molar-refractivity contribution in [2.75, 3.05) is 18.1 Å². The van der Waals surface area contributed by atoms with Gasteiger partial charge in [-0.25, -0.2) is 4.98 Å². The van der Waals surface area contributed by atoms with E-state index in [0.717, 1.165) is 11.9 Å². The predicted molar refractivity (Wildman–Crippen MR) is 97.7 cm³/mol. The molecule has 5 nitrogen and oxygen atoms in total. The maximum absolute atomic E-state index is 13.2. The highest BCUT2D eigenvalue weighted by Gasteiger charge is 2.36. The predicted octanol–water partition coefficient (Wildman–Crippen LogP) is 5.23. The van der Waals surface area contributed by atoms with E-state index in [-0.39, 0.29) is 18.7 Å². The van der Waals surface area contributed by atoms with E-state index < -0.39 is 17.6 Å². The second-order valence-corrected chi connectivity index (χ2v) is 6.14. The van der Waals surface area contributed by atoms with Crippen LogP contribution in [0.2, 0.25) is 0 Å². The lowest BCUT2D eigenvalue weighted by Gasteiger charge is -2.23. The van der Waals surface area contributed by atoms with Crippen molar-refractivity contribution < 1.29 is 22.6 Å². The van der Waals surface area contributed by atoms with Crippen LogP contribution in [-0.2, 0) is 6.18 Å². The molecule has 8 heteroatoms. The highest BCUT2D eigenvalue weighted by Crippen LogP contribution is 2.36. The Balaban J connectivity index is 2.42. The summed E-state index contributed by atoms with van der Waals surface area (Å²) in [5.41, 5.74) is -0.260. The Labute approximate surface area is 157 Å². The summed E-state index contributed by atoms with van der Waals surface area (Å²) in [6.07, 6.45) is -3.23. The van der Waals surface area contributed by atoms with Gasteiger partial charge in [0.2, 0.25) is 11.8 Å². The molecule has 0 amide bonds. The zero-order valence-corrected chi connectivity index (χ0v) is 15.9. The third-order valence-corrected chi connectivity index (χ3v) is 3.55. The molecule has 1 aromatic carbocycles. The fourth-order valence-electron chi connectivity index (χ4n) is 2.43. The molecule has 1 aromatic heterocycles. The average Bonchev–Trinajstić information content (AvgIpc) is 2.59. The number of aromatic nitrogens is 2. The van der Waals surface area contributed by atoms with Gasteiger partial charge >= 0.3 is 6.18 Å². The van der Waals surface area contributed by atoms with Crippen molar-refractivity contribution in [1.82, 2.24) is 9.97 Å². The molecule has 0 saturated carbocycles. The van der Waals surface area contributed by atoms with Crippen molar-refractivity contribution in [3.05, 3.63) is 36.0 Å². The van der Waals surface area contributed by atoms with Crippen LogP contribution in [0.15, 0.2) is 30.5 Å². The van der Waals surface area contributed by atoms with Gasteiger partial charge in [-0.2, -0.15) is 18.2 Å². The van der Waals surface area contributed by atoms with Gasteiger partial charge in [0.25, 0.3) is 0 Å². The minimum atomic E-state index is -4.58. The molecule has 0 unspecified atom stereocenters. The fourth-order valence-corrected chi connectivity index (χ4v) is 2.43.